The Balaban J connectivity index is 1.34. The Bertz CT molecular complexity index is 721. The molecular weight excluding hydrogens is 383 g/mol. The summed E-state index contributed by atoms with van der Waals surface area (Å²) in [6.07, 6.45) is 0.730. The van der Waals surface area contributed by atoms with Crippen molar-refractivity contribution in [2.45, 2.75) is 50.6 Å². The van der Waals surface area contributed by atoms with E-state index in [0.717, 1.165) is 38.0 Å². The van der Waals surface area contributed by atoms with Crippen LogP contribution in [0.1, 0.15) is 32.1 Å². The predicted molar refractivity (Wildman–Crippen MR) is 104 cm³/mol. The summed E-state index contributed by atoms with van der Waals surface area (Å²) in [6.45, 7) is 1.68. The number of carbonyl (C=O) groups excluding carboxylic acids is 1. The standard InChI is InChI=1S/C21H28F3N3O2/c1-25-19(10-13-2-3-13)20(28)26-18-9-4-14-11-27(12-17(14)18)15-5-7-16(8-6-15)29-21(22,23)24/h5-8,13-14,17-19,25H,2-4,9-12H2,1H3,(H,26,28)/t14-,17+,18+,19+/m1/s1. The fourth-order valence-electron chi connectivity index (χ4n) is 4.84. The van der Waals surface area contributed by atoms with Crippen molar-refractivity contribution in [3.05, 3.63) is 24.3 Å². The van der Waals surface area contributed by atoms with Gasteiger partial charge in [0.15, 0.2) is 0 Å². The second-order valence-corrected chi connectivity index (χ2v) is 8.58. The summed E-state index contributed by atoms with van der Waals surface area (Å²) in [7, 11) is 1.84. The Hall–Kier alpha value is -1.96. The highest BCUT2D eigenvalue weighted by Gasteiger charge is 2.44. The molecule has 0 bridgehead atoms. The number of hydrogen-bond acceptors (Lipinski definition) is 4. The summed E-state index contributed by atoms with van der Waals surface area (Å²) in [5.74, 6) is 1.45. The minimum atomic E-state index is -4.68. The van der Waals surface area contributed by atoms with Gasteiger partial charge in [-0.1, -0.05) is 12.8 Å². The second kappa shape index (κ2) is 8.05. The van der Waals surface area contributed by atoms with E-state index in [2.05, 4.69) is 20.3 Å². The van der Waals surface area contributed by atoms with Crippen LogP contribution in [0.5, 0.6) is 5.75 Å². The molecule has 0 unspecified atom stereocenters. The molecule has 1 heterocycles. The molecule has 0 radical (unpaired) electrons. The Labute approximate surface area is 169 Å². The summed E-state index contributed by atoms with van der Waals surface area (Å²) >= 11 is 0. The molecule has 0 spiro atoms. The van der Waals surface area contributed by atoms with E-state index in [1.165, 1.54) is 25.0 Å². The Morgan fingerprint density at radius 3 is 2.52 bits per heavy atom. The lowest BCUT2D eigenvalue weighted by atomic mass is 9.97. The first kappa shape index (κ1) is 20.3. The number of hydrogen-bond donors (Lipinski definition) is 2. The lowest BCUT2D eigenvalue weighted by Gasteiger charge is -2.25. The number of ether oxygens (including phenoxy) is 1. The maximum absolute atomic E-state index is 12.7. The molecule has 1 amide bonds. The topological polar surface area (TPSA) is 53.6 Å². The molecule has 1 saturated heterocycles. The summed E-state index contributed by atoms with van der Waals surface area (Å²) in [5, 5.41) is 6.42. The molecular formula is C21H28F3N3O2. The van der Waals surface area contributed by atoms with Crippen LogP contribution in [0.25, 0.3) is 0 Å². The number of fused-ring (bicyclic) bond motifs is 1. The zero-order valence-corrected chi connectivity index (χ0v) is 16.5. The van der Waals surface area contributed by atoms with Crippen LogP contribution < -0.4 is 20.3 Å². The number of amides is 1. The first-order chi connectivity index (χ1) is 13.8. The SMILES string of the molecule is CN[C@@H](CC1CC1)C(=O)N[C@H]1CC[C@@H]2CN(c3ccc(OC(F)(F)F)cc3)C[C@@H]21. The zero-order chi connectivity index (χ0) is 20.6. The molecule has 4 rings (SSSR count). The van der Waals surface area contributed by atoms with E-state index in [0.29, 0.717) is 17.8 Å². The van der Waals surface area contributed by atoms with Crippen molar-refractivity contribution in [1.29, 1.82) is 0 Å². The van der Waals surface area contributed by atoms with Crippen molar-refractivity contribution in [2.75, 3.05) is 25.0 Å². The average Bonchev–Trinajstić information content (AvgIpc) is 3.27. The third kappa shape index (κ3) is 4.97. The Kier molecular flexibility index (Phi) is 5.64. The molecule has 1 aromatic carbocycles. The number of nitrogens with one attached hydrogen (secondary N) is 2. The molecule has 8 heteroatoms. The van der Waals surface area contributed by atoms with Crippen molar-refractivity contribution >= 4 is 11.6 Å². The van der Waals surface area contributed by atoms with Gasteiger partial charge in [0.2, 0.25) is 5.91 Å². The number of anilines is 1. The highest BCUT2D eigenvalue weighted by molar-refractivity contribution is 5.82. The molecule has 3 aliphatic rings. The molecule has 4 atom stereocenters. The number of benzene rings is 1. The molecule has 29 heavy (non-hydrogen) atoms. The van der Waals surface area contributed by atoms with Gasteiger partial charge in [0.1, 0.15) is 5.75 Å². The Morgan fingerprint density at radius 1 is 1.17 bits per heavy atom. The van der Waals surface area contributed by atoms with Crippen molar-refractivity contribution in [2.24, 2.45) is 17.8 Å². The third-order valence-electron chi connectivity index (χ3n) is 6.55. The molecule has 0 aromatic heterocycles. The number of alkyl halides is 3. The van der Waals surface area contributed by atoms with Crippen LogP contribution in [0.4, 0.5) is 18.9 Å². The van der Waals surface area contributed by atoms with Crippen molar-refractivity contribution in [3.63, 3.8) is 0 Å². The van der Waals surface area contributed by atoms with Crippen molar-refractivity contribution in [1.82, 2.24) is 10.6 Å². The number of likely N-dealkylation sites (N-methyl/N-ethyl adjacent to an activating group) is 1. The van der Waals surface area contributed by atoms with Gasteiger partial charge in [-0.3, -0.25) is 4.79 Å². The fourth-order valence-corrected chi connectivity index (χ4v) is 4.84. The van der Waals surface area contributed by atoms with Crippen LogP contribution in [0, 0.1) is 17.8 Å². The van der Waals surface area contributed by atoms with Gasteiger partial charge in [0, 0.05) is 30.7 Å². The number of rotatable bonds is 7. The molecule has 2 saturated carbocycles. The van der Waals surface area contributed by atoms with Crippen LogP contribution in [0.3, 0.4) is 0 Å². The van der Waals surface area contributed by atoms with Gasteiger partial charge >= 0.3 is 6.36 Å². The predicted octanol–water partition coefficient (Wildman–Crippen LogP) is 3.30. The summed E-state index contributed by atoms with van der Waals surface area (Å²) in [4.78, 5) is 14.9. The van der Waals surface area contributed by atoms with Gasteiger partial charge in [-0.2, -0.15) is 0 Å². The number of halogens is 3. The fraction of sp³-hybridized carbons (Fsp3) is 0.667. The highest BCUT2D eigenvalue weighted by Crippen LogP contribution is 2.40. The monoisotopic (exact) mass is 411 g/mol. The van der Waals surface area contributed by atoms with Gasteiger partial charge < -0.3 is 20.3 Å². The van der Waals surface area contributed by atoms with Crippen LogP contribution in [-0.4, -0.2) is 44.5 Å². The highest BCUT2D eigenvalue weighted by atomic mass is 19.4. The van der Waals surface area contributed by atoms with E-state index in [4.69, 9.17) is 0 Å². The lowest BCUT2D eigenvalue weighted by Crippen LogP contribution is -2.48. The van der Waals surface area contributed by atoms with Crippen LogP contribution in [-0.2, 0) is 4.79 Å². The van der Waals surface area contributed by atoms with Gasteiger partial charge in [-0.05, 0) is 62.4 Å². The molecule has 2 N–H and O–H groups in total. The minimum Gasteiger partial charge on any atom is -0.406 e. The van der Waals surface area contributed by atoms with Crippen LogP contribution in [0.2, 0.25) is 0 Å². The zero-order valence-electron chi connectivity index (χ0n) is 16.5. The quantitative estimate of drug-likeness (QED) is 0.723. The largest absolute Gasteiger partial charge is 0.573 e. The summed E-state index contributed by atoms with van der Waals surface area (Å²) < 4.78 is 40.9. The molecule has 1 aliphatic heterocycles. The normalized spacial score (nSPS) is 27.6. The molecule has 1 aromatic rings. The van der Waals surface area contributed by atoms with Gasteiger partial charge in [0.25, 0.3) is 0 Å². The molecule has 3 fully saturated rings. The lowest BCUT2D eigenvalue weighted by molar-refractivity contribution is -0.274. The third-order valence-corrected chi connectivity index (χ3v) is 6.55. The van der Waals surface area contributed by atoms with E-state index in [-0.39, 0.29) is 23.7 Å². The second-order valence-electron chi connectivity index (χ2n) is 8.58. The van der Waals surface area contributed by atoms with Crippen LogP contribution >= 0.6 is 0 Å². The number of nitrogens with zero attached hydrogens (tertiary/aromatic N) is 1. The maximum Gasteiger partial charge on any atom is 0.573 e. The summed E-state index contributed by atoms with van der Waals surface area (Å²) in [5.41, 5.74) is 0.890. The average molecular weight is 411 g/mol. The van der Waals surface area contributed by atoms with Gasteiger partial charge in [-0.15, -0.1) is 13.2 Å². The van der Waals surface area contributed by atoms with Crippen molar-refractivity contribution in [3.8, 4) is 5.75 Å². The van der Waals surface area contributed by atoms with E-state index < -0.39 is 6.36 Å². The van der Waals surface area contributed by atoms with E-state index >= 15 is 0 Å². The van der Waals surface area contributed by atoms with E-state index in [9.17, 15) is 18.0 Å². The molecule has 2 aliphatic carbocycles. The van der Waals surface area contributed by atoms with Crippen molar-refractivity contribution < 1.29 is 22.7 Å². The summed E-state index contributed by atoms with van der Waals surface area (Å²) in [6, 6.07) is 6.09. The number of carbonyl (C=O) groups is 1. The van der Waals surface area contributed by atoms with E-state index in [1.807, 2.05) is 7.05 Å². The maximum atomic E-state index is 12.7. The van der Waals surface area contributed by atoms with Crippen LogP contribution in [0.15, 0.2) is 24.3 Å². The van der Waals surface area contributed by atoms with Gasteiger partial charge in [0.05, 0.1) is 6.04 Å². The molecule has 160 valence electrons. The first-order valence-corrected chi connectivity index (χ1v) is 10.4. The first-order valence-electron chi connectivity index (χ1n) is 10.4. The minimum absolute atomic E-state index is 0.0946. The smallest absolute Gasteiger partial charge is 0.406 e. The van der Waals surface area contributed by atoms with E-state index in [1.54, 1.807) is 12.1 Å². The van der Waals surface area contributed by atoms with Gasteiger partial charge in [-0.25, -0.2) is 0 Å². The molecule has 5 nitrogen and oxygen atoms in total. The Morgan fingerprint density at radius 2 is 1.90 bits per heavy atom.